The minimum Gasteiger partial charge on any atom is -0.490 e. The van der Waals surface area contributed by atoms with E-state index >= 15 is 0 Å². The van der Waals surface area contributed by atoms with Crippen molar-refractivity contribution in [2.75, 3.05) is 11.9 Å². The Hall–Kier alpha value is -1.77. The van der Waals surface area contributed by atoms with Crippen molar-refractivity contribution in [1.29, 1.82) is 0 Å². The second-order valence-corrected chi connectivity index (χ2v) is 3.14. The second-order valence-electron chi connectivity index (χ2n) is 3.14. The van der Waals surface area contributed by atoms with Gasteiger partial charge in [0.15, 0.2) is 0 Å². The van der Waals surface area contributed by atoms with Crippen LogP contribution in [-0.2, 0) is 11.2 Å². The third kappa shape index (κ3) is 1.62. The number of anilines is 1. The molecule has 0 radical (unpaired) electrons. The van der Waals surface area contributed by atoms with Crippen molar-refractivity contribution < 1.29 is 9.53 Å². The van der Waals surface area contributed by atoms with Crippen molar-refractivity contribution in [1.82, 2.24) is 0 Å². The Balaban J connectivity index is 2.19. The maximum Gasteiger partial charge on any atom is 0.228 e. The quantitative estimate of drug-likeness (QED) is 0.735. The van der Waals surface area contributed by atoms with Crippen LogP contribution in [0, 0.1) is 0 Å². The van der Waals surface area contributed by atoms with E-state index in [1.54, 1.807) is 6.08 Å². The molecule has 14 heavy (non-hydrogen) atoms. The van der Waals surface area contributed by atoms with Crippen LogP contribution >= 0.6 is 0 Å². The summed E-state index contributed by atoms with van der Waals surface area (Å²) in [5, 5.41) is 2.77. The standard InChI is InChI=1S/C11H11NO2/c1-2-5-14-9-3-4-10-8(6-9)7-11(13)12-10/h2-4,6H,1,5,7H2,(H,12,13). The molecule has 1 aliphatic rings. The van der Waals surface area contributed by atoms with Crippen LogP contribution in [0.3, 0.4) is 0 Å². The smallest absolute Gasteiger partial charge is 0.228 e. The lowest BCUT2D eigenvalue weighted by molar-refractivity contribution is -0.115. The zero-order valence-corrected chi connectivity index (χ0v) is 7.75. The average molecular weight is 189 g/mol. The van der Waals surface area contributed by atoms with Gasteiger partial charge in [0.05, 0.1) is 6.42 Å². The molecule has 0 aromatic heterocycles. The monoisotopic (exact) mass is 189 g/mol. The molecule has 1 aromatic carbocycles. The molecule has 1 aliphatic heterocycles. The van der Waals surface area contributed by atoms with E-state index in [1.807, 2.05) is 18.2 Å². The molecule has 72 valence electrons. The van der Waals surface area contributed by atoms with E-state index in [1.165, 1.54) is 0 Å². The summed E-state index contributed by atoms with van der Waals surface area (Å²) < 4.78 is 5.36. The van der Waals surface area contributed by atoms with Crippen LogP contribution in [0.15, 0.2) is 30.9 Å². The number of carbonyl (C=O) groups is 1. The first-order valence-electron chi connectivity index (χ1n) is 4.46. The van der Waals surface area contributed by atoms with Gasteiger partial charge in [-0.05, 0) is 23.8 Å². The lowest BCUT2D eigenvalue weighted by Gasteiger charge is -2.04. The molecule has 1 N–H and O–H groups in total. The molecule has 3 nitrogen and oxygen atoms in total. The molecule has 2 rings (SSSR count). The fourth-order valence-corrected chi connectivity index (χ4v) is 1.45. The van der Waals surface area contributed by atoms with Crippen LogP contribution in [0.4, 0.5) is 5.69 Å². The van der Waals surface area contributed by atoms with Crippen LogP contribution in [0.25, 0.3) is 0 Å². The largest absolute Gasteiger partial charge is 0.490 e. The van der Waals surface area contributed by atoms with Gasteiger partial charge < -0.3 is 10.1 Å². The minimum atomic E-state index is 0.0425. The normalized spacial score (nSPS) is 13.3. The van der Waals surface area contributed by atoms with E-state index in [4.69, 9.17) is 4.74 Å². The van der Waals surface area contributed by atoms with E-state index in [9.17, 15) is 4.79 Å². The van der Waals surface area contributed by atoms with Crippen LogP contribution in [-0.4, -0.2) is 12.5 Å². The van der Waals surface area contributed by atoms with Gasteiger partial charge in [0.25, 0.3) is 0 Å². The summed E-state index contributed by atoms with van der Waals surface area (Å²) in [6, 6.07) is 5.59. The molecular formula is C11H11NO2. The Morgan fingerprint density at radius 1 is 1.57 bits per heavy atom. The summed E-state index contributed by atoms with van der Waals surface area (Å²) in [6.45, 7) is 4.06. The number of ether oxygens (including phenoxy) is 1. The molecule has 0 fully saturated rings. The van der Waals surface area contributed by atoms with Gasteiger partial charge in [-0.3, -0.25) is 4.79 Å². The van der Waals surface area contributed by atoms with E-state index < -0.39 is 0 Å². The number of fused-ring (bicyclic) bond motifs is 1. The van der Waals surface area contributed by atoms with Crippen LogP contribution in [0.1, 0.15) is 5.56 Å². The van der Waals surface area contributed by atoms with Gasteiger partial charge in [-0.15, -0.1) is 0 Å². The van der Waals surface area contributed by atoms with Crippen LogP contribution in [0.2, 0.25) is 0 Å². The number of carbonyl (C=O) groups excluding carboxylic acids is 1. The molecule has 3 heteroatoms. The highest BCUT2D eigenvalue weighted by Gasteiger charge is 2.17. The molecule has 0 aliphatic carbocycles. The second kappa shape index (κ2) is 3.54. The SMILES string of the molecule is C=CCOc1ccc2c(c1)CC(=O)N2. The van der Waals surface area contributed by atoms with Gasteiger partial charge >= 0.3 is 0 Å². The third-order valence-electron chi connectivity index (χ3n) is 2.07. The minimum absolute atomic E-state index is 0.0425. The van der Waals surface area contributed by atoms with Gasteiger partial charge in [-0.1, -0.05) is 12.7 Å². The van der Waals surface area contributed by atoms with E-state index in [2.05, 4.69) is 11.9 Å². The lowest BCUT2D eigenvalue weighted by Crippen LogP contribution is -2.03. The maximum absolute atomic E-state index is 11.1. The molecule has 1 amide bonds. The predicted octanol–water partition coefficient (Wildman–Crippen LogP) is 1.75. The number of hydrogen-bond acceptors (Lipinski definition) is 2. The van der Waals surface area contributed by atoms with Crippen molar-refractivity contribution in [3.05, 3.63) is 36.4 Å². The highest BCUT2D eigenvalue weighted by molar-refractivity contribution is 5.99. The van der Waals surface area contributed by atoms with Gasteiger partial charge in [0.2, 0.25) is 5.91 Å². The number of amides is 1. The fraction of sp³-hybridized carbons (Fsp3) is 0.182. The average Bonchev–Trinajstić information content (AvgIpc) is 2.54. The van der Waals surface area contributed by atoms with Crippen molar-refractivity contribution in [2.45, 2.75) is 6.42 Å². The molecule has 0 atom stereocenters. The molecule has 0 saturated carbocycles. The Bertz CT molecular complexity index is 385. The first-order valence-corrected chi connectivity index (χ1v) is 4.46. The van der Waals surface area contributed by atoms with Gasteiger partial charge in [0, 0.05) is 5.69 Å². The van der Waals surface area contributed by atoms with Crippen LogP contribution in [0.5, 0.6) is 5.75 Å². The van der Waals surface area contributed by atoms with E-state index in [-0.39, 0.29) is 5.91 Å². The summed E-state index contributed by atoms with van der Waals surface area (Å²) in [4.78, 5) is 11.1. The van der Waals surface area contributed by atoms with Crippen molar-refractivity contribution >= 4 is 11.6 Å². The molecule has 0 unspecified atom stereocenters. The summed E-state index contributed by atoms with van der Waals surface area (Å²) in [5.41, 5.74) is 1.89. The van der Waals surface area contributed by atoms with Gasteiger partial charge in [0.1, 0.15) is 12.4 Å². The molecule has 0 saturated heterocycles. The van der Waals surface area contributed by atoms with Crippen molar-refractivity contribution in [3.63, 3.8) is 0 Å². The summed E-state index contributed by atoms with van der Waals surface area (Å²) in [6.07, 6.45) is 2.14. The first-order chi connectivity index (χ1) is 6.79. The van der Waals surface area contributed by atoms with Gasteiger partial charge in [-0.25, -0.2) is 0 Å². The molecule has 1 aromatic rings. The molecular weight excluding hydrogens is 178 g/mol. The zero-order chi connectivity index (χ0) is 9.97. The number of rotatable bonds is 3. The van der Waals surface area contributed by atoms with Crippen molar-refractivity contribution in [2.24, 2.45) is 0 Å². The lowest BCUT2D eigenvalue weighted by atomic mass is 10.1. The highest BCUT2D eigenvalue weighted by Crippen LogP contribution is 2.26. The predicted molar refractivity (Wildman–Crippen MR) is 54.5 cm³/mol. The van der Waals surface area contributed by atoms with E-state index in [0.717, 1.165) is 17.0 Å². The molecule has 0 spiro atoms. The van der Waals surface area contributed by atoms with Crippen molar-refractivity contribution in [3.8, 4) is 5.75 Å². The number of benzene rings is 1. The number of hydrogen-bond donors (Lipinski definition) is 1. The van der Waals surface area contributed by atoms with Gasteiger partial charge in [-0.2, -0.15) is 0 Å². The van der Waals surface area contributed by atoms with E-state index in [0.29, 0.717) is 13.0 Å². The Kier molecular flexibility index (Phi) is 2.23. The molecule has 0 bridgehead atoms. The van der Waals surface area contributed by atoms with Crippen LogP contribution < -0.4 is 10.1 Å². The maximum atomic E-state index is 11.1. The first kappa shape index (κ1) is 8.81. The summed E-state index contributed by atoms with van der Waals surface area (Å²) >= 11 is 0. The summed E-state index contributed by atoms with van der Waals surface area (Å²) in [5.74, 6) is 0.820. The fourth-order valence-electron chi connectivity index (χ4n) is 1.45. The number of nitrogens with one attached hydrogen (secondary N) is 1. The Morgan fingerprint density at radius 3 is 3.21 bits per heavy atom. The summed E-state index contributed by atoms with van der Waals surface area (Å²) in [7, 11) is 0. The Labute approximate surface area is 82.4 Å². The topological polar surface area (TPSA) is 38.3 Å². The molecule has 1 heterocycles. The highest BCUT2D eigenvalue weighted by atomic mass is 16.5. The zero-order valence-electron chi connectivity index (χ0n) is 7.75. The third-order valence-corrected chi connectivity index (χ3v) is 2.07. The Morgan fingerprint density at radius 2 is 2.43 bits per heavy atom.